The predicted molar refractivity (Wildman–Crippen MR) is 99.1 cm³/mol. The van der Waals surface area contributed by atoms with E-state index in [4.69, 9.17) is 0 Å². The predicted octanol–water partition coefficient (Wildman–Crippen LogP) is 1.51. The van der Waals surface area contributed by atoms with Gasteiger partial charge in [-0.15, -0.1) is 0 Å². The lowest BCUT2D eigenvalue weighted by molar-refractivity contribution is -0.125. The topological polar surface area (TPSA) is 97.1 Å². The molecule has 1 aliphatic rings. The highest BCUT2D eigenvalue weighted by Gasteiger charge is 2.39. The van der Waals surface area contributed by atoms with E-state index in [-0.39, 0.29) is 30.0 Å². The number of carbonyl (C=O) groups excluding carboxylic acids is 1. The van der Waals surface area contributed by atoms with E-state index in [1.54, 1.807) is 13.0 Å². The van der Waals surface area contributed by atoms with Crippen LogP contribution in [0, 0.1) is 0 Å². The molecule has 26 heavy (non-hydrogen) atoms. The fraction of sp³-hybridized carbons (Fsp3) is 0.579. The van der Waals surface area contributed by atoms with Crippen LogP contribution < -0.4 is 10.9 Å². The first kappa shape index (κ1) is 18.5. The highest BCUT2D eigenvalue weighted by molar-refractivity contribution is 5.81. The molecule has 140 valence electrons. The molecule has 0 saturated heterocycles. The van der Waals surface area contributed by atoms with Crippen molar-refractivity contribution in [2.45, 2.75) is 71.1 Å². The van der Waals surface area contributed by atoms with E-state index in [0.717, 1.165) is 5.69 Å². The van der Waals surface area contributed by atoms with Crippen LogP contribution in [0.5, 0.6) is 0 Å². The average molecular weight is 358 g/mol. The van der Waals surface area contributed by atoms with Crippen molar-refractivity contribution in [2.24, 2.45) is 0 Å². The van der Waals surface area contributed by atoms with Crippen LogP contribution in [-0.4, -0.2) is 37.4 Å². The normalized spacial score (nSPS) is 22.5. The summed E-state index contributed by atoms with van der Waals surface area (Å²) in [5, 5.41) is 17.5. The Bertz CT molecular complexity index is 894. The summed E-state index contributed by atoms with van der Waals surface area (Å²) in [6, 6.07) is 3.59. The van der Waals surface area contributed by atoms with Crippen molar-refractivity contribution in [2.75, 3.05) is 0 Å². The SMILES string of the molecule is CCc1nn(CC(=O)NC2CC(C)(O)C2)c(=O)c2ccc(C(C)C)nc12. The number of hydrogen-bond donors (Lipinski definition) is 2. The molecule has 2 heterocycles. The standard InChI is InChI=1S/C19H26N4O3/c1-5-14-17-13(6-7-15(21-17)11(2)3)18(25)23(22-14)10-16(24)20-12-8-19(4,26)9-12/h6-7,11-12,26H,5,8-10H2,1-4H3,(H,20,24). The van der Waals surface area contributed by atoms with Crippen LogP contribution in [0.25, 0.3) is 10.9 Å². The Morgan fingerprint density at radius 3 is 2.69 bits per heavy atom. The van der Waals surface area contributed by atoms with Crippen LogP contribution in [0.15, 0.2) is 16.9 Å². The fourth-order valence-corrected chi connectivity index (χ4v) is 3.42. The number of pyridine rings is 1. The van der Waals surface area contributed by atoms with E-state index in [2.05, 4.69) is 29.2 Å². The van der Waals surface area contributed by atoms with Gasteiger partial charge in [-0.2, -0.15) is 5.10 Å². The van der Waals surface area contributed by atoms with E-state index in [1.807, 2.05) is 13.0 Å². The Morgan fingerprint density at radius 2 is 2.12 bits per heavy atom. The lowest BCUT2D eigenvalue weighted by atomic mass is 9.77. The molecule has 1 aliphatic carbocycles. The number of aromatic nitrogens is 3. The summed E-state index contributed by atoms with van der Waals surface area (Å²) in [6.45, 7) is 7.67. The number of fused-ring (bicyclic) bond motifs is 1. The van der Waals surface area contributed by atoms with Gasteiger partial charge in [-0.1, -0.05) is 20.8 Å². The van der Waals surface area contributed by atoms with Gasteiger partial charge in [0, 0.05) is 11.7 Å². The average Bonchev–Trinajstić information content (AvgIpc) is 2.55. The second-order valence-electron chi connectivity index (χ2n) is 7.72. The third-order valence-corrected chi connectivity index (χ3v) is 4.85. The largest absolute Gasteiger partial charge is 0.390 e. The van der Waals surface area contributed by atoms with Gasteiger partial charge in [0.25, 0.3) is 5.56 Å². The summed E-state index contributed by atoms with van der Waals surface area (Å²) in [7, 11) is 0. The molecule has 0 spiro atoms. The van der Waals surface area contributed by atoms with Gasteiger partial charge >= 0.3 is 0 Å². The van der Waals surface area contributed by atoms with Crippen LogP contribution in [0.4, 0.5) is 0 Å². The number of carbonyl (C=O) groups is 1. The van der Waals surface area contributed by atoms with E-state index in [9.17, 15) is 14.7 Å². The first-order valence-electron chi connectivity index (χ1n) is 9.12. The lowest BCUT2D eigenvalue weighted by Crippen LogP contribution is -2.54. The maximum absolute atomic E-state index is 12.7. The molecule has 0 bridgehead atoms. The van der Waals surface area contributed by atoms with E-state index < -0.39 is 5.60 Å². The molecule has 0 aliphatic heterocycles. The first-order chi connectivity index (χ1) is 12.2. The zero-order valence-corrected chi connectivity index (χ0v) is 15.7. The third-order valence-electron chi connectivity index (χ3n) is 4.85. The summed E-state index contributed by atoms with van der Waals surface area (Å²) in [5.74, 6) is -0.00901. The Balaban J connectivity index is 1.87. The fourth-order valence-electron chi connectivity index (χ4n) is 3.42. The maximum Gasteiger partial charge on any atom is 0.276 e. The minimum atomic E-state index is -0.703. The van der Waals surface area contributed by atoms with Gasteiger partial charge in [0.15, 0.2) is 0 Å². The number of aliphatic hydroxyl groups is 1. The molecule has 2 aromatic rings. The van der Waals surface area contributed by atoms with Crippen molar-refractivity contribution in [3.05, 3.63) is 33.9 Å². The molecule has 0 aromatic carbocycles. The molecule has 2 aromatic heterocycles. The highest BCUT2D eigenvalue weighted by atomic mass is 16.3. The quantitative estimate of drug-likeness (QED) is 0.844. The number of rotatable bonds is 5. The zero-order chi connectivity index (χ0) is 19.1. The minimum Gasteiger partial charge on any atom is -0.390 e. The van der Waals surface area contributed by atoms with Gasteiger partial charge < -0.3 is 10.4 Å². The number of amides is 1. The summed E-state index contributed by atoms with van der Waals surface area (Å²) in [5.41, 5.74) is 1.24. The number of nitrogens with zero attached hydrogens (tertiary/aromatic N) is 3. The maximum atomic E-state index is 12.7. The molecule has 1 amide bonds. The summed E-state index contributed by atoms with van der Waals surface area (Å²) < 4.78 is 1.21. The van der Waals surface area contributed by atoms with Crippen molar-refractivity contribution >= 4 is 16.8 Å². The molecule has 7 heteroatoms. The van der Waals surface area contributed by atoms with Crippen LogP contribution in [0.1, 0.15) is 57.8 Å². The first-order valence-corrected chi connectivity index (χ1v) is 9.12. The van der Waals surface area contributed by atoms with Crippen molar-refractivity contribution in [3.63, 3.8) is 0 Å². The van der Waals surface area contributed by atoms with Gasteiger partial charge in [-0.25, -0.2) is 4.68 Å². The van der Waals surface area contributed by atoms with Gasteiger partial charge in [0.05, 0.1) is 22.2 Å². The second-order valence-corrected chi connectivity index (χ2v) is 7.72. The Hall–Kier alpha value is -2.28. The minimum absolute atomic E-state index is 0.0467. The molecule has 0 unspecified atom stereocenters. The van der Waals surface area contributed by atoms with Crippen molar-refractivity contribution in [3.8, 4) is 0 Å². The van der Waals surface area contributed by atoms with E-state index in [1.165, 1.54) is 4.68 Å². The van der Waals surface area contributed by atoms with Crippen LogP contribution in [-0.2, 0) is 17.8 Å². The molecule has 0 atom stereocenters. The molecule has 2 N–H and O–H groups in total. The molecule has 1 fully saturated rings. The Labute approximate surface area is 152 Å². The van der Waals surface area contributed by atoms with Crippen LogP contribution in [0.2, 0.25) is 0 Å². The number of nitrogens with one attached hydrogen (secondary N) is 1. The highest BCUT2D eigenvalue weighted by Crippen LogP contribution is 2.31. The van der Waals surface area contributed by atoms with Gasteiger partial charge in [-0.3, -0.25) is 14.6 Å². The number of hydrogen-bond acceptors (Lipinski definition) is 5. The molecule has 7 nitrogen and oxygen atoms in total. The van der Waals surface area contributed by atoms with Gasteiger partial charge in [-0.05, 0) is 44.2 Å². The zero-order valence-electron chi connectivity index (χ0n) is 15.7. The summed E-state index contributed by atoms with van der Waals surface area (Å²) in [6.07, 6.45) is 1.68. The Morgan fingerprint density at radius 1 is 1.42 bits per heavy atom. The summed E-state index contributed by atoms with van der Waals surface area (Å²) in [4.78, 5) is 29.6. The van der Waals surface area contributed by atoms with Crippen LogP contribution in [0.3, 0.4) is 0 Å². The van der Waals surface area contributed by atoms with Gasteiger partial charge in [0.2, 0.25) is 5.91 Å². The molecule has 0 radical (unpaired) electrons. The lowest BCUT2D eigenvalue weighted by Gasteiger charge is -2.41. The Kier molecular flexibility index (Phi) is 4.84. The van der Waals surface area contributed by atoms with E-state index >= 15 is 0 Å². The van der Waals surface area contributed by atoms with E-state index in [0.29, 0.717) is 35.9 Å². The third kappa shape index (κ3) is 3.62. The van der Waals surface area contributed by atoms with Crippen molar-refractivity contribution in [1.82, 2.24) is 20.1 Å². The van der Waals surface area contributed by atoms with Crippen LogP contribution >= 0.6 is 0 Å². The molecular formula is C19H26N4O3. The second kappa shape index (κ2) is 6.79. The number of aryl methyl sites for hydroxylation is 1. The molecular weight excluding hydrogens is 332 g/mol. The molecule has 1 saturated carbocycles. The monoisotopic (exact) mass is 358 g/mol. The van der Waals surface area contributed by atoms with Gasteiger partial charge in [0.1, 0.15) is 6.54 Å². The smallest absolute Gasteiger partial charge is 0.276 e. The molecule has 3 rings (SSSR count). The van der Waals surface area contributed by atoms with Crippen molar-refractivity contribution in [1.29, 1.82) is 0 Å². The summed E-state index contributed by atoms with van der Waals surface area (Å²) >= 11 is 0. The van der Waals surface area contributed by atoms with Crippen molar-refractivity contribution < 1.29 is 9.90 Å².